The fourth-order valence-corrected chi connectivity index (χ4v) is 1.73. The SMILES string of the molecule is Cc1cccc2ccc(CCC(N)=O)nc12. The lowest BCUT2D eigenvalue weighted by atomic mass is 10.1. The molecule has 1 heterocycles. The molecular weight excluding hydrogens is 200 g/mol. The highest BCUT2D eigenvalue weighted by Crippen LogP contribution is 2.16. The van der Waals surface area contributed by atoms with E-state index in [2.05, 4.69) is 4.98 Å². The quantitative estimate of drug-likeness (QED) is 0.849. The largest absolute Gasteiger partial charge is 0.370 e. The number of carbonyl (C=O) groups is 1. The normalized spacial score (nSPS) is 10.6. The average Bonchev–Trinajstić information content (AvgIpc) is 2.27. The first-order chi connectivity index (χ1) is 7.66. The number of pyridine rings is 1. The van der Waals surface area contributed by atoms with Crippen molar-refractivity contribution in [3.63, 3.8) is 0 Å². The molecule has 0 aliphatic heterocycles. The van der Waals surface area contributed by atoms with Crippen LogP contribution in [-0.2, 0) is 11.2 Å². The van der Waals surface area contributed by atoms with Crippen LogP contribution in [0.1, 0.15) is 17.7 Å². The number of aryl methyl sites for hydroxylation is 2. The van der Waals surface area contributed by atoms with E-state index in [9.17, 15) is 4.79 Å². The molecular formula is C13H14N2O. The Morgan fingerprint density at radius 2 is 2.12 bits per heavy atom. The first kappa shape index (κ1) is 10.6. The van der Waals surface area contributed by atoms with Crippen molar-refractivity contribution in [3.05, 3.63) is 41.6 Å². The molecule has 3 heteroatoms. The van der Waals surface area contributed by atoms with Gasteiger partial charge in [0.25, 0.3) is 0 Å². The van der Waals surface area contributed by atoms with Crippen LogP contribution in [0.2, 0.25) is 0 Å². The van der Waals surface area contributed by atoms with Crippen molar-refractivity contribution >= 4 is 16.8 Å². The zero-order valence-corrected chi connectivity index (χ0v) is 9.23. The number of para-hydroxylation sites is 1. The third kappa shape index (κ3) is 2.19. The summed E-state index contributed by atoms with van der Waals surface area (Å²) >= 11 is 0. The predicted octanol–water partition coefficient (Wildman–Crippen LogP) is 1.96. The van der Waals surface area contributed by atoms with Crippen molar-refractivity contribution in [2.24, 2.45) is 5.73 Å². The first-order valence-corrected chi connectivity index (χ1v) is 5.30. The van der Waals surface area contributed by atoms with Crippen LogP contribution in [0.5, 0.6) is 0 Å². The molecule has 0 fully saturated rings. The molecule has 16 heavy (non-hydrogen) atoms. The second-order valence-corrected chi connectivity index (χ2v) is 3.92. The minimum atomic E-state index is -0.285. The molecule has 2 N–H and O–H groups in total. The minimum absolute atomic E-state index is 0.285. The lowest BCUT2D eigenvalue weighted by Crippen LogP contribution is -2.11. The second kappa shape index (κ2) is 4.31. The standard InChI is InChI=1S/C13H14N2O/c1-9-3-2-4-10-5-6-11(15-13(9)10)7-8-12(14)16/h2-6H,7-8H2,1H3,(H2,14,16). The van der Waals surface area contributed by atoms with Gasteiger partial charge < -0.3 is 5.73 Å². The topological polar surface area (TPSA) is 56.0 Å². The molecule has 0 unspecified atom stereocenters. The lowest BCUT2D eigenvalue weighted by molar-refractivity contribution is -0.118. The van der Waals surface area contributed by atoms with Crippen molar-refractivity contribution in [2.75, 3.05) is 0 Å². The van der Waals surface area contributed by atoms with Gasteiger partial charge in [-0.25, -0.2) is 0 Å². The Morgan fingerprint density at radius 1 is 1.31 bits per heavy atom. The summed E-state index contributed by atoms with van der Waals surface area (Å²) in [6.07, 6.45) is 0.962. The molecule has 0 aliphatic carbocycles. The van der Waals surface area contributed by atoms with Gasteiger partial charge in [-0.05, 0) is 25.0 Å². The number of primary amides is 1. The smallest absolute Gasteiger partial charge is 0.217 e. The highest BCUT2D eigenvalue weighted by atomic mass is 16.1. The molecule has 0 saturated heterocycles. The number of benzene rings is 1. The molecule has 1 amide bonds. The molecule has 2 rings (SSSR count). The van der Waals surface area contributed by atoms with E-state index in [0.29, 0.717) is 12.8 Å². The number of nitrogens with two attached hydrogens (primary N) is 1. The summed E-state index contributed by atoms with van der Waals surface area (Å²) in [4.78, 5) is 15.2. The minimum Gasteiger partial charge on any atom is -0.370 e. The molecule has 3 nitrogen and oxygen atoms in total. The maximum atomic E-state index is 10.7. The number of carbonyl (C=O) groups excluding carboxylic acids is 1. The van der Waals surface area contributed by atoms with Crippen molar-refractivity contribution in [1.82, 2.24) is 4.98 Å². The third-order valence-corrected chi connectivity index (χ3v) is 2.61. The molecule has 1 aromatic carbocycles. The van der Waals surface area contributed by atoms with Crippen LogP contribution in [0.4, 0.5) is 0 Å². The Balaban J connectivity index is 2.35. The van der Waals surface area contributed by atoms with Crippen molar-refractivity contribution < 1.29 is 4.79 Å². The van der Waals surface area contributed by atoms with Gasteiger partial charge in [-0.3, -0.25) is 9.78 Å². The van der Waals surface area contributed by atoms with Gasteiger partial charge in [0, 0.05) is 17.5 Å². The molecule has 0 radical (unpaired) electrons. The lowest BCUT2D eigenvalue weighted by Gasteiger charge is -2.04. The summed E-state index contributed by atoms with van der Waals surface area (Å²) in [6, 6.07) is 10.1. The van der Waals surface area contributed by atoms with E-state index in [1.54, 1.807) is 0 Å². The Morgan fingerprint density at radius 3 is 2.88 bits per heavy atom. The number of aromatic nitrogens is 1. The fraction of sp³-hybridized carbons (Fsp3) is 0.231. The Bertz CT molecular complexity index is 534. The van der Waals surface area contributed by atoms with E-state index in [1.165, 1.54) is 0 Å². The number of hydrogen-bond acceptors (Lipinski definition) is 2. The van der Waals surface area contributed by atoms with Crippen LogP contribution in [0, 0.1) is 6.92 Å². The van der Waals surface area contributed by atoms with Crippen molar-refractivity contribution in [3.8, 4) is 0 Å². The van der Waals surface area contributed by atoms with E-state index < -0.39 is 0 Å². The number of amides is 1. The Labute approximate surface area is 94.3 Å². The zero-order chi connectivity index (χ0) is 11.5. The van der Waals surface area contributed by atoms with Gasteiger partial charge in [0.1, 0.15) is 0 Å². The summed E-state index contributed by atoms with van der Waals surface area (Å²) in [5, 5.41) is 1.13. The van der Waals surface area contributed by atoms with E-state index in [4.69, 9.17) is 5.73 Å². The van der Waals surface area contributed by atoms with Gasteiger partial charge in [-0.2, -0.15) is 0 Å². The van der Waals surface area contributed by atoms with Crippen LogP contribution in [0.25, 0.3) is 10.9 Å². The molecule has 0 saturated carbocycles. The van der Waals surface area contributed by atoms with E-state index in [1.807, 2.05) is 37.3 Å². The maximum Gasteiger partial charge on any atom is 0.217 e. The average molecular weight is 214 g/mol. The fourth-order valence-electron chi connectivity index (χ4n) is 1.73. The van der Waals surface area contributed by atoms with Gasteiger partial charge in [0.15, 0.2) is 0 Å². The molecule has 2 aromatic rings. The van der Waals surface area contributed by atoms with E-state index >= 15 is 0 Å². The van der Waals surface area contributed by atoms with Gasteiger partial charge in [-0.15, -0.1) is 0 Å². The molecule has 0 spiro atoms. The van der Waals surface area contributed by atoms with Crippen LogP contribution in [0.15, 0.2) is 30.3 Å². The van der Waals surface area contributed by atoms with Gasteiger partial charge in [0.05, 0.1) is 5.52 Å². The van der Waals surface area contributed by atoms with Crippen LogP contribution in [-0.4, -0.2) is 10.9 Å². The predicted molar refractivity (Wildman–Crippen MR) is 64.0 cm³/mol. The number of hydrogen-bond donors (Lipinski definition) is 1. The van der Waals surface area contributed by atoms with Gasteiger partial charge in [0.2, 0.25) is 5.91 Å². The highest BCUT2D eigenvalue weighted by molar-refractivity contribution is 5.81. The van der Waals surface area contributed by atoms with Crippen molar-refractivity contribution in [2.45, 2.75) is 19.8 Å². The van der Waals surface area contributed by atoms with Gasteiger partial charge in [-0.1, -0.05) is 24.3 Å². The third-order valence-electron chi connectivity index (χ3n) is 2.61. The summed E-state index contributed by atoms with van der Waals surface area (Å²) < 4.78 is 0. The Hall–Kier alpha value is -1.90. The number of rotatable bonds is 3. The van der Waals surface area contributed by atoms with E-state index in [0.717, 1.165) is 22.2 Å². The summed E-state index contributed by atoms with van der Waals surface area (Å²) in [5.74, 6) is -0.285. The number of fused-ring (bicyclic) bond motifs is 1. The molecule has 1 aromatic heterocycles. The van der Waals surface area contributed by atoms with Crippen LogP contribution in [0.3, 0.4) is 0 Å². The maximum absolute atomic E-state index is 10.7. The van der Waals surface area contributed by atoms with Gasteiger partial charge >= 0.3 is 0 Å². The molecule has 0 atom stereocenters. The first-order valence-electron chi connectivity index (χ1n) is 5.30. The summed E-state index contributed by atoms with van der Waals surface area (Å²) in [7, 11) is 0. The summed E-state index contributed by atoms with van der Waals surface area (Å²) in [5.41, 5.74) is 8.19. The van der Waals surface area contributed by atoms with Crippen LogP contribution < -0.4 is 5.73 Å². The van der Waals surface area contributed by atoms with Crippen molar-refractivity contribution in [1.29, 1.82) is 0 Å². The molecule has 0 bridgehead atoms. The van der Waals surface area contributed by atoms with E-state index in [-0.39, 0.29) is 5.91 Å². The summed E-state index contributed by atoms with van der Waals surface area (Å²) in [6.45, 7) is 2.03. The molecule has 82 valence electrons. The molecule has 0 aliphatic rings. The van der Waals surface area contributed by atoms with Crippen LogP contribution >= 0.6 is 0 Å². The monoisotopic (exact) mass is 214 g/mol. The Kier molecular flexibility index (Phi) is 2.86. The zero-order valence-electron chi connectivity index (χ0n) is 9.23. The number of nitrogens with zero attached hydrogens (tertiary/aromatic N) is 1. The highest BCUT2D eigenvalue weighted by Gasteiger charge is 2.02. The second-order valence-electron chi connectivity index (χ2n) is 3.92.